The van der Waals surface area contributed by atoms with E-state index in [1.54, 1.807) is 0 Å². The maximum atomic E-state index is 12.7. The molecule has 2 N–H and O–H groups in total. The summed E-state index contributed by atoms with van der Waals surface area (Å²) in [5.41, 5.74) is 1.66. The molecule has 1 aliphatic heterocycles. The second-order valence-corrected chi connectivity index (χ2v) is 7.73. The van der Waals surface area contributed by atoms with Gasteiger partial charge >= 0.3 is 0 Å². The lowest BCUT2D eigenvalue weighted by molar-refractivity contribution is 0.0929. The fourth-order valence-electron chi connectivity index (χ4n) is 3.95. The number of rotatable bonds is 7. The van der Waals surface area contributed by atoms with Crippen molar-refractivity contribution >= 4 is 33.0 Å². The zero-order valence-electron chi connectivity index (χ0n) is 16.8. The number of benzene rings is 2. The van der Waals surface area contributed by atoms with Crippen LogP contribution in [-0.4, -0.2) is 59.8 Å². The first-order valence-corrected chi connectivity index (χ1v) is 9.98. The van der Waals surface area contributed by atoms with Crippen LogP contribution < -0.4 is 20.8 Å². The summed E-state index contributed by atoms with van der Waals surface area (Å²) < 4.78 is 11.2. The lowest BCUT2D eigenvalue weighted by Gasteiger charge is -2.21. The van der Waals surface area contributed by atoms with Crippen molar-refractivity contribution in [3.8, 4) is 5.75 Å². The molecule has 0 spiro atoms. The van der Waals surface area contributed by atoms with Gasteiger partial charge in [-0.15, -0.1) is 0 Å². The number of amides is 2. The Balaban J connectivity index is 1.52. The van der Waals surface area contributed by atoms with E-state index in [4.69, 9.17) is 25.2 Å². The van der Waals surface area contributed by atoms with Crippen LogP contribution in [0.1, 0.15) is 26.3 Å². The minimum atomic E-state index is -0.705. The van der Waals surface area contributed by atoms with E-state index < -0.39 is 11.9 Å². The smallest absolute Gasteiger partial charge is 0.254 e. The molecule has 0 aromatic heterocycles. The molecular formula is C22H22B2N2O4. The van der Waals surface area contributed by atoms with Crippen LogP contribution in [0.2, 0.25) is 0 Å². The highest BCUT2D eigenvalue weighted by molar-refractivity contribution is 6.35. The van der Waals surface area contributed by atoms with Crippen molar-refractivity contribution in [1.29, 1.82) is 0 Å². The number of nitrogens with one attached hydrogen (secondary N) is 2. The van der Waals surface area contributed by atoms with Crippen molar-refractivity contribution in [3.05, 3.63) is 59.2 Å². The number of ether oxygens (including phenoxy) is 2. The van der Waals surface area contributed by atoms with Gasteiger partial charge in [-0.25, -0.2) is 0 Å². The van der Waals surface area contributed by atoms with E-state index in [1.807, 2.05) is 30.3 Å². The average molecular weight is 400 g/mol. The number of carbonyl (C=O) groups is 2. The molecule has 6 nitrogen and oxygen atoms in total. The highest BCUT2D eigenvalue weighted by Gasteiger charge is 2.54. The summed E-state index contributed by atoms with van der Waals surface area (Å²) in [5.74, 6) is 0.249. The molecular weight excluding hydrogens is 378 g/mol. The van der Waals surface area contributed by atoms with Crippen molar-refractivity contribution in [2.24, 2.45) is 11.8 Å². The summed E-state index contributed by atoms with van der Waals surface area (Å²) in [6, 6.07) is 12.1. The van der Waals surface area contributed by atoms with Gasteiger partial charge in [0.25, 0.3) is 11.8 Å². The Labute approximate surface area is 178 Å². The van der Waals surface area contributed by atoms with Gasteiger partial charge in [-0.1, -0.05) is 41.9 Å². The number of hydrogen-bond acceptors (Lipinski definition) is 4. The lowest BCUT2D eigenvalue weighted by atomic mass is 9.88. The van der Waals surface area contributed by atoms with Crippen molar-refractivity contribution in [2.45, 2.75) is 18.5 Å². The predicted octanol–water partition coefficient (Wildman–Crippen LogP) is 0.331. The maximum absolute atomic E-state index is 12.7. The van der Waals surface area contributed by atoms with E-state index in [9.17, 15) is 9.59 Å². The molecule has 1 aliphatic carbocycles. The van der Waals surface area contributed by atoms with Gasteiger partial charge in [0.1, 0.15) is 21.4 Å². The van der Waals surface area contributed by atoms with E-state index >= 15 is 0 Å². The molecule has 8 heteroatoms. The van der Waals surface area contributed by atoms with Crippen LogP contribution in [0, 0.1) is 11.8 Å². The van der Waals surface area contributed by atoms with Crippen LogP contribution in [0.25, 0.3) is 0 Å². The fraction of sp³-hybridized carbons (Fsp3) is 0.364. The Bertz CT molecular complexity index is 944. The van der Waals surface area contributed by atoms with Crippen molar-refractivity contribution in [2.75, 3.05) is 20.3 Å². The molecule has 0 bridgehead atoms. The second-order valence-electron chi connectivity index (χ2n) is 7.73. The van der Waals surface area contributed by atoms with Crippen LogP contribution in [0.15, 0.2) is 42.5 Å². The predicted molar refractivity (Wildman–Crippen MR) is 115 cm³/mol. The first kappa shape index (κ1) is 20.5. The van der Waals surface area contributed by atoms with Gasteiger partial charge in [0.2, 0.25) is 0 Å². The average Bonchev–Trinajstić information content (AvgIpc) is 3.15. The molecule has 1 heterocycles. The summed E-state index contributed by atoms with van der Waals surface area (Å²) in [5, 5.41) is 5.56. The SMILES string of the molecule is [B]c1cc(C(=O)NC2C3COCC32)cc(C(=O)NC)c1OC([B])Cc1ccccc1. The molecule has 1 saturated carbocycles. The van der Waals surface area contributed by atoms with Crippen LogP contribution in [0.3, 0.4) is 0 Å². The van der Waals surface area contributed by atoms with Crippen LogP contribution >= 0.6 is 0 Å². The minimum Gasteiger partial charge on any atom is -0.500 e. The van der Waals surface area contributed by atoms with E-state index in [0.717, 1.165) is 5.56 Å². The third kappa shape index (κ3) is 4.24. The Morgan fingerprint density at radius 3 is 2.53 bits per heavy atom. The van der Waals surface area contributed by atoms with E-state index in [0.29, 0.717) is 37.0 Å². The maximum Gasteiger partial charge on any atom is 0.254 e. The van der Waals surface area contributed by atoms with Gasteiger partial charge in [0.15, 0.2) is 0 Å². The van der Waals surface area contributed by atoms with Gasteiger partial charge in [0.05, 0.1) is 24.8 Å². The topological polar surface area (TPSA) is 76.7 Å². The molecule has 4 rings (SSSR count). The molecule has 2 amide bonds. The van der Waals surface area contributed by atoms with E-state index in [-0.39, 0.29) is 28.7 Å². The molecule has 2 fully saturated rings. The Kier molecular flexibility index (Phi) is 5.86. The normalized spacial score (nSPS) is 22.6. The lowest BCUT2D eigenvalue weighted by Crippen LogP contribution is -2.32. The minimum absolute atomic E-state index is 0.117. The Hall–Kier alpha value is -2.73. The first-order valence-electron chi connectivity index (χ1n) is 9.98. The molecule has 2 aromatic rings. The van der Waals surface area contributed by atoms with Crippen molar-refractivity contribution in [1.82, 2.24) is 10.6 Å². The molecule has 3 unspecified atom stereocenters. The van der Waals surface area contributed by atoms with E-state index in [1.165, 1.54) is 19.2 Å². The zero-order valence-corrected chi connectivity index (χ0v) is 16.8. The summed E-state index contributed by atoms with van der Waals surface area (Å²) in [7, 11) is 13.8. The van der Waals surface area contributed by atoms with Gasteiger partial charge in [-0.05, 0) is 11.6 Å². The van der Waals surface area contributed by atoms with Crippen molar-refractivity contribution in [3.63, 3.8) is 0 Å². The molecule has 150 valence electrons. The molecule has 1 saturated heterocycles. The fourth-order valence-corrected chi connectivity index (χ4v) is 3.95. The second kappa shape index (κ2) is 8.56. The van der Waals surface area contributed by atoms with Gasteiger partial charge in [-0.2, -0.15) is 0 Å². The highest BCUT2D eigenvalue weighted by atomic mass is 16.5. The van der Waals surface area contributed by atoms with Gasteiger partial charge < -0.3 is 20.1 Å². The third-order valence-electron chi connectivity index (χ3n) is 5.65. The van der Waals surface area contributed by atoms with Crippen LogP contribution in [0.4, 0.5) is 0 Å². The third-order valence-corrected chi connectivity index (χ3v) is 5.65. The Morgan fingerprint density at radius 2 is 1.87 bits per heavy atom. The first-order chi connectivity index (χ1) is 14.5. The number of fused-ring (bicyclic) bond motifs is 1. The molecule has 2 aliphatic rings. The van der Waals surface area contributed by atoms with Crippen molar-refractivity contribution < 1.29 is 19.1 Å². The van der Waals surface area contributed by atoms with Gasteiger partial charge in [-0.3, -0.25) is 9.59 Å². The molecule has 2 aromatic carbocycles. The summed E-state index contributed by atoms with van der Waals surface area (Å²) in [6.07, 6.45) is 0.447. The largest absolute Gasteiger partial charge is 0.500 e. The molecule has 3 atom stereocenters. The molecule has 30 heavy (non-hydrogen) atoms. The molecule has 4 radical (unpaired) electrons. The highest BCUT2D eigenvalue weighted by Crippen LogP contribution is 2.44. The summed E-state index contributed by atoms with van der Waals surface area (Å²) in [4.78, 5) is 25.2. The monoisotopic (exact) mass is 400 g/mol. The Morgan fingerprint density at radius 1 is 1.17 bits per heavy atom. The number of hydrogen-bond donors (Lipinski definition) is 2. The van der Waals surface area contributed by atoms with Crippen LogP contribution in [0.5, 0.6) is 5.75 Å². The number of carbonyl (C=O) groups excluding carboxylic acids is 2. The quantitative estimate of drug-likeness (QED) is 0.658. The zero-order chi connectivity index (χ0) is 21.3. The van der Waals surface area contributed by atoms with Crippen LogP contribution in [-0.2, 0) is 11.2 Å². The summed E-state index contributed by atoms with van der Waals surface area (Å²) in [6.45, 7) is 1.35. The van der Waals surface area contributed by atoms with E-state index in [2.05, 4.69) is 10.6 Å². The van der Waals surface area contributed by atoms with Gasteiger partial charge in [0, 0.05) is 36.9 Å². The standard InChI is InChI=1S/C22H22B2N2O4/c1-25-22(28)14-8-13(21(27)26-19-15-10-29-11-16(15)19)9-17(23)20(14)30-18(24)7-12-5-3-2-4-6-12/h2-6,8-9,15-16,18-19H,7,10-11H2,1H3,(H,25,28)(H,26,27). The summed E-state index contributed by atoms with van der Waals surface area (Å²) >= 11 is 0.